The lowest BCUT2D eigenvalue weighted by Crippen LogP contribution is -2.38. The molecule has 0 radical (unpaired) electrons. The molecular formula is C31H26N2O3S. The van der Waals surface area contributed by atoms with E-state index in [1.54, 1.807) is 13.2 Å². The first-order chi connectivity index (χ1) is 18.2. The lowest BCUT2D eigenvalue weighted by Gasteiger charge is -2.30. The fraction of sp³-hybridized carbons (Fsp3) is 0.161. The molecule has 0 saturated carbocycles. The number of aryl methyl sites for hydroxylation is 1. The molecule has 37 heavy (non-hydrogen) atoms. The Morgan fingerprint density at radius 3 is 2.68 bits per heavy atom. The molecule has 2 heterocycles. The van der Waals surface area contributed by atoms with Crippen LogP contribution in [0.1, 0.15) is 34.7 Å². The van der Waals surface area contributed by atoms with E-state index in [0.29, 0.717) is 22.6 Å². The van der Waals surface area contributed by atoms with Gasteiger partial charge >= 0.3 is 0 Å². The normalized spacial score (nSPS) is 16.4. The standard InChI is InChI=1S/C31H26N2O3S/c1-3-17-36-25-16-13-20(18-26(25)35-2)19-27-30(34)33-29(22-10-5-4-6-11-22)24-15-14-21-9-7-8-12-23(21)28(24)32-31(33)37-27/h3-13,16,18-19,29H,1,14-15,17H2,2H3. The highest BCUT2D eigenvalue weighted by Crippen LogP contribution is 2.41. The summed E-state index contributed by atoms with van der Waals surface area (Å²) in [5.74, 6) is 1.24. The van der Waals surface area contributed by atoms with Crippen LogP contribution < -0.4 is 24.4 Å². The zero-order valence-corrected chi connectivity index (χ0v) is 21.3. The highest BCUT2D eigenvalue weighted by Gasteiger charge is 2.32. The van der Waals surface area contributed by atoms with Crippen LogP contribution in [0.15, 0.2) is 101 Å². The monoisotopic (exact) mass is 506 g/mol. The van der Waals surface area contributed by atoms with E-state index in [9.17, 15) is 4.79 Å². The van der Waals surface area contributed by atoms with Gasteiger partial charge in [-0.25, -0.2) is 4.99 Å². The maximum absolute atomic E-state index is 13.9. The molecule has 1 aromatic heterocycles. The number of ether oxygens (including phenoxy) is 2. The van der Waals surface area contributed by atoms with Crippen molar-refractivity contribution in [3.8, 4) is 11.5 Å². The summed E-state index contributed by atoms with van der Waals surface area (Å²) in [7, 11) is 1.61. The molecule has 0 spiro atoms. The van der Waals surface area contributed by atoms with Crippen LogP contribution in [-0.2, 0) is 6.42 Å². The second-order valence-corrected chi connectivity index (χ2v) is 10.0. The second-order valence-electron chi connectivity index (χ2n) is 9.03. The molecule has 1 aliphatic heterocycles. The van der Waals surface area contributed by atoms with E-state index < -0.39 is 0 Å². The van der Waals surface area contributed by atoms with Gasteiger partial charge in [-0.15, -0.1) is 0 Å². The number of methoxy groups -OCH3 is 1. The summed E-state index contributed by atoms with van der Waals surface area (Å²) in [5.41, 5.74) is 6.61. The Kier molecular flexibility index (Phi) is 6.10. The highest BCUT2D eigenvalue weighted by atomic mass is 32.1. The van der Waals surface area contributed by atoms with Crippen molar-refractivity contribution in [3.05, 3.63) is 133 Å². The molecule has 184 valence electrons. The molecule has 0 fully saturated rings. The van der Waals surface area contributed by atoms with Crippen molar-refractivity contribution in [1.82, 2.24) is 4.57 Å². The van der Waals surface area contributed by atoms with Crippen molar-refractivity contribution in [2.24, 2.45) is 4.99 Å². The minimum atomic E-state index is -0.174. The van der Waals surface area contributed by atoms with Gasteiger partial charge in [-0.05, 0) is 53.3 Å². The molecule has 0 N–H and O–H groups in total. The van der Waals surface area contributed by atoms with E-state index in [-0.39, 0.29) is 11.6 Å². The summed E-state index contributed by atoms with van der Waals surface area (Å²) in [6.45, 7) is 4.08. The van der Waals surface area contributed by atoms with Gasteiger partial charge in [0.1, 0.15) is 6.61 Å². The molecule has 4 aromatic rings. The summed E-state index contributed by atoms with van der Waals surface area (Å²) in [5, 5.41) is 0. The van der Waals surface area contributed by atoms with Gasteiger partial charge in [-0.3, -0.25) is 9.36 Å². The van der Waals surface area contributed by atoms with Gasteiger partial charge in [0, 0.05) is 5.56 Å². The van der Waals surface area contributed by atoms with Crippen molar-refractivity contribution in [3.63, 3.8) is 0 Å². The molecule has 3 aromatic carbocycles. The minimum Gasteiger partial charge on any atom is -0.493 e. The Bertz CT molecular complexity index is 1710. The van der Waals surface area contributed by atoms with Crippen LogP contribution in [0, 0.1) is 0 Å². The van der Waals surface area contributed by atoms with Crippen molar-refractivity contribution in [2.75, 3.05) is 13.7 Å². The van der Waals surface area contributed by atoms with Crippen LogP contribution in [0.25, 0.3) is 11.8 Å². The molecule has 0 saturated heterocycles. The van der Waals surface area contributed by atoms with Gasteiger partial charge in [-0.2, -0.15) is 0 Å². The molecule has 5 nitrogen and oxygen atoms in total. The number of hydrogen-bond acceptors (Lipinski definition) is 5. The van der Waals surface area contributed by atoms with Crippen LogP contribution >= 0.6 is 11.3 Å². The summed E-state index contributed by atoms with van der Waals surface area (Å²) < 4.78 is 13.7. The first-order valence-electron chi connectivity index (χ1n) is 12.3. The van der Waals surface area contributed by atoms with E-state index in [2.05, 4.69) is 43.0 Å². The van der Waals surface area contributed by atoms with E-state index in [0.717, 1.165) is 34.5 Å². The fourth-order valence-corrected chi connectivity index (χ4v) is 6.15. The van der Waals surface area contributed by atoms with E-state index >= 15 is 0 Å². The summed E-state index contributed by atoms with van der Waals surface area (Å²) in [6.07, 6.45) is 5.42. The number of nitrogens with zero attached hydrogens (tertiary/aromatic N) is 2. The average Bonchev–Trinajstić information content (AvgIpc) is 3.25. The van der Waals surface area contributed by atoms with Crippen LogP contribution in [0.5, 0.6) is 11.5 Å². The largest absolute Gasteiger partial charge is 0.493 e. The van der Waals surface area contributed by atoms with E-state index in [1.165, 1.54) is 28.0 Å². The SMILES string of the molecule is C=CCOc1ccc(C=c2sc3n(c2=O)C(c2ccccc2)C2=C(N=3)c3ccccc3CC2)cc1OC. The minimum absolute atomic E-state index is 0.0334. The van der Waals surface area contributed by atoms with Crippen molar-refractivity contribution in [1.29, 1.82) is 0 Å². The van der Waals surface area contributed by atoms with E-state index in [1.807, 2.05) is 47.0 Å². The number of benzene rings is 3. The second kappa shape index (κ2) is 9.71. The van der Waals surface area contributed by atoms with Gasteiger partial charge in [-0.1, -0.05) is 84.7 Å². The molecular weight excluding hydrogens is 480 g/mol. The molecule has 1 aliphatic carbocycles. The molecule has 0 bridgehead atoms. The molecule has 0 amide bonds. The Hall–Kier alpha value is -4.16. The zero-order chi connectivity index (χ0) is 25.4. The third kappa shape index (κ3) is 4.13. The van der Waals surface area contributed by atoms with Gasteiger partial charge in [0.15, 0.2) is 16.3 Å². The molecule has 1 atom stereocenters. The summed E-state index contributed by atoms with van der Waals surface area (Å²) >= 11 is 1.43. The average molecular weight is 507 g/mol. The number of thiazole rings is 1. The fourth-order valence-electron chi connectivity index (χ4n) is 5.15. The smallest absolute Gasteiger partial charge is 0.271 e. The Morgan fingerprint density at radius 2 is 1.86 bits per heavy atom. The predicted octanol–water partition coefficient (Wildman–Crippen LogP) is 4.89. The zero-order valence-electron chi connectivity index (χ0n) is 20.5. The van der Waals surface area contributed by atoms with Gasteiger partial charge < -0.3 is 9.47 Å². The van der Waals surface area contributed by atoms with Crippen molar-refractivity contribution >= 4 is 23.1 Å². The molecule has 6 rings (SSSR count). The quantitative estimate of drug-likeness (QED) is 0.350. The van der Waals surface area contributed by atoms with Crippen LogP contribution in [0.2, 0.25) is 0 Å². The first-order valence-corrected chi connectivity index (χ1v) is 13.1. The number of allylic oxidation sites excluding steroid dienone is 1. The third-order valence-electron chi connectivity index (χ3n) is 6.83. The van der Waals surface area contributed by atoms with Gasteiger partial charge in [0.2, 0.25) is 0 Å². The maximum Gasteiger partial charge on any atom is 0.271 e. The van der Waals surface area contributed by atoms with Gasteiger partial charge in [0.25, 0.3) is 5.56 Å². The molecule has 6 heteroatoms. The summed E-state index contributed by atoms with van der Waals surface area (Å²) in [6, 6.07) is 24.2. The van der Waals surface area contributed by atoms with E-state index in [4.69, 9.17) is 14.5 Å². The lowest BCUT2D eigenvalue weighted by molar-refractivity contribution is 0.326. The van der Waals surface area contributed by atoms with Crippen LogP contribution in [0.4, 0.5) is 0 Å². The van der Waals surface area contributed by atoms with Crippen molar-refractivity contribution < 1.29 is 9.47 Å². The topological polar surface area (TPSA) is 52.8 Å². The predicted molar refractivity (Wildman–Crippen MR) is 148 cm³/mol. The van der Waals surface area contributed by atoms with Crippen molar-refractivity contribution in [2.45, 2.75) is 18.9 Å². The number of hydrogen-bond donors (Lipinski definition) is 0. The third-order valence-corrected chi connectivity index (χ3v) is 7.81. The van der Waals surface area contributed by atoms with Crippen LogP contribution in [-0.4, -0.2) is 18.3 Å². The maximum atomic E-state index is 13.9. The Balaban J connectivity index is 1.53. The van der Waals surface area contributed by atoms with Gasteiger partial charge in [0.05, 0.1) is 23.4 Å². The number of aromatic nitrogens is 1. The Morgan fingerprint density at radius 1 is 1.05 bits per heavy atom. The molecule has 1 unspecified atom stereocenters. The first kappa shape index (κ1) is 23.3. The summed E-state index contributed by atoms with van der Waals surface area (Å²) in [4.78, 5) is 19.7. The van der Waals surface area contributed by atoms with Crippen LogP contribution in [0.3, 0.4) is 0 Å². The lowest BCUT2D eigenvalue weighted by atomic mass is 9.83. The Labute approximate surface area is 219 Å². The number of fused-ring (bicyclic) bond motifs is 3. The highest BCUT2D eigenvalue weighted by molar-refractivity contribution is 7.07. The molecule has 2 aliphatic rings. The number of rotatable bonds is 6.